The molecule has 7 heteroatoms. The Kier molecular flexibility index (Phi) is 2.61. The van der Waals surface area contributed by atoms with E-state index in [9.17, 15) is 8.42 Å². The molecule has 0 unspecified atom stereocenters. The Labute approximate surface area is 92.4 Å². The van der Waals surface area contributed by atoms with E-state index in [0.717, 1.165) is 11.8 Å². The molecule has 0 saturated heterocycles. The minimum absolute atomic E-state index is 0.138. The smallest absolute Gasteiger partial charge is 0.329 e. The Morgan fingerprint density at radius 2 is 1.88 bits per heavy atom. The molecular formula is C9H9N3O3S. The molecule has 0 spiro atoms. The first-order valence-corrected chi connectivity index (χ1v) is 6.30. The van der Waals surface area contributed by atoms with Gasteiger partial charge < -0.3 is 4.42 Å². The molecule has 1 aromatic carbocycles. The largest absolute Gasteiger partial charge is 0.403 e. The number of rotatable bonds is 3. The van der Waals surface area contributed by atoms with E-state index in [1.165, 1.54) is 0 Å². The molecule has 2 aromatic rings. The van der Waals surface area contributed by atoms with E-state index < -0.39 is 10.0 Å². The lowest BCUT2D eigenvalue weighted by molar-refractivity contribution is 0.579. The molecule has 84 valence electrons. The first kappa shape index (κ1) is 10.6. The van der Waals surface area contributed by atoms with E-state index in [4.69, 9.17) is 4.42 Å². The van der Waals surface area contributed by atoms with Crippen molar-refractivity contribution in [3.8, 4) is 11.5 Å². The SMILES string of the molecule is CS(=O)(=O)Nc1nnc(-c2ccccc2)o1. The molecule has 0 aliphatic heterocycles. The van der Waals surface area contributed by atoms with Gasteiger partial charge in [-0.05, 0) is 12.1 Å². The van der Waals surface area contributed by atoms with Crippen molar-refractivity contribution in [1.82, 2.24) is 10.2 Å². The van der Waals surface area contributed by atoms with Gasteiger partial charge >= 0.3 is 6.01 Å². The van der Waals surface area contributed by atoms with Crippen LogP contribution in [0.3, 0.4) is 0 Å². The number of hydrogen-bond donors (Lipinski definition) is 1. The van der Waals surface area contributed by atoms with E-state index in [0.29, 0.717) is 0 Å². The van der Waals surface area contributed by atoms with Gasteiger partial charge in [0.05, 0.1) is 6.26 Å². The zero-order valence-electron chi connectivity index (χ0n) is 8.41. The molecular weight excluding hydrogens is 230 g/mol. The Morgan fingerprint density at radius 3 is 2.50 bits per heavy atom. The summed E-state index contributed by atoms with van der Waals surface area (Å²) in [6, 6.07) is 8.94. The Hall–Kier alpha value is -1.89. The normalized spacial score (nSPS) is 11.3. The Balaban J connectivity index is 2.27. The minimum Gasteiger partial charge on any atom is -0.403 e. The van der Waals surface area contributed by atoms with Crippen LogP contribution in [0.2, 0.25) is 0 Å². The molecule has 0 radical (unpaired) electrons. The number of nitrogens with one attached hydrogen (secondary N) is 1. The molecule has 1 heterocycles. The summed E-state index contributed by atoms with van der Waals surface area (Å²) in [7, 11) is -3.39. The highest BCUT2D eigenvalue weighted by Crippen LogP contribution is 2.19. The van der Waals surface area contributed by atoms with Crippen LogP contribution in [0.4, 0.5) is 6.01 Å². The average Bonchev–Trinajstić information content (AvgIpc) is 2.65. The maximum absolute atomic E-state index is 10.9. The third kappa shape index (κ3) is 2.57. The Bertz CT molecular complexity index is 577. The molecule has 0 amide bonds. The topological polar surface area (TPSA) is 85.1 Å². The monoisotopic (exact) mass is 239 g/mol. The van der Waals surface area contributed by atoms with Gasteiger partial charge in [0.15, 0.2) is 0 Å². The molecule has 0 aliphatic rings. The number of aromatic nitrogens is 2. The van der Waals surface area contributed by atoms with E-state index >= 15 is 0 Å². The van der Waals surface area contributed by atoms with Crippen LogP contribution >= 0.6 is 0 Å². The van der Waals surface area contributed by atoms with Crippen LogP contribution in [-0.4, -0.2) is 24.9 Å². The zero-order valence-corrected chi connectivity index (χ0v) is 9.23. The second-order valence-electron chi connectivity index (χ2n) is 3.15. The summed E-state index contributed by atoms with van der Waals surface area (Å²) >= 11 is 0. The van der Waals surface area contributed by atoms with Crippen LogP contribution in [-0.2, 0) is 10.0 Å². The second-order valence-corrected chi connectivity index (χ2v) is 4.90. The van der Waals surface area contributed by atoms with Crippen molar-refractivity contribution < 1.29 is 12.8 Å². The lowest BCUT2D eigenvalue weighted by Gasteiger charge is -1.95. The van der Waals surface area contributed by atoms with Crippen molar-refractivity contribution in [1.29, 1.82) is 0 Å². The standard InChI is InChI=1S/C9H9N3O3S/c1-16(13,14)12-9-11-10-8(15-9)7-5-3-2-4-6-7/h2-6H,1H3,(H,11,12). The Morgan fingerprint density at radius 1 is 1.19 bits per heavy atom. The maximum atomic E-state index is 10.9. The van der Waals surface area contributed by atoms with E-state index in [2.05, 4.69) is 14.9 Å². The molecule has 0 aliphatic carbocycles. The van der Waals surface area contributed by atoms with Crippen LogP contribution in [0.25, 0.3) is 11.5 Å². The summed E-state index contributed by atoms with van der Waals surface area (Å²) in [5, 5.41) is 7.30. The van der Waals surface area contributed by atoms with Gasteiger partial charge in [-0.25, -0.2) is 13.1 Å². The van der Waals surface area contributed by atoms with Crippen LogP contribution in [0, 0.1) is 0 Å². The molecule has 0 saturated carbocycles. The van der Waals surface area contributed by atoms with Crippen LogP contribution < -0.4 is 4.72 Å². The summed E-state index contributed by atoms with van der Waals surface area (Å²) in [4.78, 5) is 0. The fraction of sp³-hybridized carbons (Fsp3) is 0.111. The highest BCUT2D eigenvalue weighted by Gasteiger charge is 2.11. The molecule has 16 heavy (non-hydrogen) atoms. The summed E-state index contributed by atoms with van der Waals surface area (Å²) in [5.74, 6) is 0.270. The fourth-order valence-corrected chi connectivity index (χ4v) is 1.52. The van der Waals surface area contributed by atoms with E-state index in [-0.39, 0.29) is 11.9 Å². The van der Waals surface area contributed by atoms with Gasteiger partial charge in [0.1, 0.15) is 0 Å². The van der Waals surface area contributed by atoms with Crippen molar-refractivity contribution in [2.24, 2.45) is 0 Å². The predicted octanol–water partition coefficient (Wildman–Crippen LogP) is 1.11. The van der Waals surface area contributed by atoms with Crippen molar-refractivity contribution in [2.75, 3.05) is 11.0 Å². The summed E-state index contributed by atoms with van der Waals surface area (Å²) in [5.41, 5.74) is 0.733. The number of benzene rings is 1. The van der Waals surface area contributed by atoms with Crippen molar-refractivity contribution >= 4 is 16.0 Å². The highest BCUT2D eigenvalue weighted by molar-refractivity contribution is 7.91. The molecule has 2 rings (SSSR count). The van der Waals surface area contributed by atoms with Crippen LogP contribution in [0.15, 0.2) is 34.7 Å². The van der Waals surface area contributed by atoms with Gasteiger partial charge in [-0.3, -0.25) is 0 Å². The zero-order chi connectivity index (χ0) is 11.6. The number of nitrogens with zero attached hydrogens (tertiary/aromatic N) is 2. The first-order valence-electron chi connectivity index (χ1n) is 4.41. The summed E-state index contributed by atoms with van der Waals surface area (Å²) in [6.45, 7) is 0. The molecule has 0 bridgehead atoms. The van der Waals surface area contributed by atoms with Gasteiger partial charge in [0.2, 0.25) is 15.9 Å². The third-order valence-electron chi connectivity index (χ3n) is 1.72. The van der Waals surface area contributed by atoms with Crippen molar-refractivity contribution in [2.45, 2.75) is 0 Å². The quantitative estimate of drug-likeness (QED) is 0.867. The number of hydrogen-bond acceptors (Lipinski definition) is 5. The predicted molar refractivity (Wildman–Crippen MR) is 58.2 cm³/mol. The number of sulfonamides is 1. The third-order valence-corrected chi connectivity index (χ3v) is 2.26. The molecule has 0 atom stereocenters. The van der Waals surface area contributed by atoms with E-state index in [1.807, 2.05) is 18.2 Å². The lowest BCUT2D eigenvalue weighted by Crippen LogP contribution is -2.09. The van der Waals surface area contributed by atoms with E-state index in [1.54, 1.807) is 12.1 Å². The second kappa shape index (κ2) is 3.93. The average molecular weight is 239 g/mol. The van der Waals surface area contributed by atoms with Gasteiger partial charge in [-0.1, -0.05) is 23.3 Å². The molecule has 1 aromatic heterocycles. The highest BCUT2D eigenvalue weighted by atomic mass is 32.2. The first-order chi connectivity index (χ1) is 7.54. The van der Waals surface area contributed by atoms with Crippen molar-refractivity contribution in [3.05, 3.63) is 30.3 Å². The van der Waals surface area contributed by atoms with Gasteiger partial charge in [-0.2, -0.15) is 0 Å². The number of anilines is 1. The minimum atomic E-state index is -3.39. The van der Waals surface area contributed by atoms with Gasteiger partial charge in [0, 0.05) is 5.56 Å². The maximum Gasteiger partial charge on any atom is 0.329 e. The van der Waals surface area contributed by atoms with Gasteiger partial charge in [-0.15, -0.1) is 5.10 Å². The lowest BCUT2D eigenvalue weighted by atomic mass is 10.2. The summed E-state index contributed by atoms with van der Waals surface area (Å²) < 4.78 is 29.1. The molecule has 1 N–H and O–H groups in total. The molecule has 0 fully saturated rings. The van der Waals surface area contributed by atoms with Crippen LogP contribution in [0.1, 0.15) is 0 Å². The van der Waals surface area contributed by atoms with Crippen molar-refractivity contribution in [3.63, 3.8) is 0 Å². The molecule has 6 nitrogen and oxygen atoms in total. The van der Waals surface area contributed by atoms with Crippen LogP contribution in [0.5, 0.6) is 0 Å². The fourth-order valence-electron chi connectivity index (χ4n) is 1.12. The van der Waals surface area contributed by atoms with Gasteiger partial charge in [0.25, 0.3) is 0 Å². The summed E-state index contributed by atoms with van der Waals surface area (Å²) in [6.07, 6.45) is 1.01.